The highest BCUT2D eigenvalue weighted by Gasteiger charge is 2.16. The Kier molecular flexibility index (Phi) is 5.96. The predicted octanol–water partition coefficient (Wildman–Crippen LogP) is 3.99. The summed E-state index contributed by atoms with van der Waals surface area (Å²) in [6, 6.07) is 8.18. The van der Waals surface area contributed by atoms with Gasteiger partial charge in [0.05, 0.1) is 17.1 Å². The smallest absolute Gasteiger partial charge is 0.224 e. The van der Waals surface area contributed by atoms with Crippen molar-refractivity contribution in [2.75, 3.05) is 23.3 Å². The second kappa shape index (κ2) is 8.39. The second-order valence-electron chi connectivity index (χ2n) is 7.24. The molecule has 0 spiro atoms. The number of hydrogen-bond donors (Lipinski definition) is 1. The molecule has 1 aliphatic heterocycles. The van der Waals surface area contributed by atoms with Crippen molar-refractivity contribution in [3.8, 4) is 0 Å². The van der Waals surface area contributed by atoms with E-state index in [-0.39, 0.29) is 5.91 Å². The summed E-state index contributed by atoms with van der Waals surface area (Å²) in [7, 11) is 1.95. The third-order valence-electron chi connectivity index (χ3n) is 5.39. The maximum Gasteiger partial charge on any atom is 0.224 e. The fourth-order valence-electron chi connectivity index (χ4n) is 3.80. The standard InChI is InChI=1S/C21H30N4O/c1-16-18(17(2)24(3)23-16)12-13-21(26)22-19-10-6-7-11-20(19)25-14-8-4-5-9-15-25/h6-7,10-11H,4-5,8-9,12-15H2,1-3H3,(H,22,26). The molecular formula is C21H30N4O. The fourth-order valence-corrected chi connectivity index (χ4v) is 3.80. The summed E-state index contributed by atoms with van der Waals surface area (Å²) in [5, 5.41) is 7.57. The third-order valence-corrected chi connectivity index (χ3v) is 5.39. The number of benzene rings is 1. The Labute approximate surface area is 156 Å². The van der Waals surface area contributed by atoms with Crippen molar-refractivity contribution in [1.29, 1.82) is 0 Å². The van der Waals surface area contributed by atoms with Crippen LogP contribution >= 0.6 is 0 Å². The molecule has 3 rings (SSSR count). The molecule has 0 radical (unpaired) electrons. The number of anilines is 2. The van der Waals surface area contributed by atoms with E-state index in [1.54, 1.807) is 0 Å². The van der Waals surface area contributed by atoms with Crippen LogP contribution in [0, 0.1) is 13.8 Å². The highest BCUT2D eigenvalue weighted by Crippen LogP contribution is 2.28. The van der Waals surface area contributed by atoms with Crippen LogP contribution in [0.5, 0.6) is 0 Å². The summed E-state index contributed by atoms with van der Waals surface area (Å²) in [4.78, 5) is 15.0. The Balaban J connectivity index is 1.66. The van der Waals surface area contributed by atoms with Gasteiger partial charge in [-0.1, -0.05) is 25.0 Å². The van der Waals surface area contributed by atoms with Crippen molar-refractivity contribution >= 4 is 17.3 Å². The average Bonchev–Trinajstić information content (AvgIpc) is 2.82. The number of para-hydroxylation sites is 2. The van der Waals surface area contributed by atoms with Gasteiger partial charge < -0.3 is 10.2 Å². The molecule has 0 saturated carbocycles. The van der Waals surface area contributed by atoms with E-state index in [4.69, 9.17) is 0 Å². The van der Waals surface area contributed by atoms with Crippen molar-refractivity contribution in [1.82, 2.24) is 9.78 Å². The van der Waals surface area contributed by atoms with E-state index in [2.05, 4.69) is 34.4 Å². The van der Waals surface area contributed by atoms with E-state index in [1.165, 1.54) is 31.2 Å². The minimum absolute atomic E-state index is 0.0647. The number of nitrogens with one attached hydrogen (secondary N) is 1. The molecule has 1 amide bonds. The van der Waals surface area contributed by atoms with Crippen LogP contribution in [0.15, 0.2) is 24.3 Å². The van der Waals surface area contributed by atoms with E-state index >= 15 is 0 Å². The first-order valence-corrected chi connectivity index (χ1v) is 9.69. The first kappa shape index (κ1) is 18.5. The van der Waals surface area contributed by atoms with Gasteiger partial charge in [-0.05, 0) is 50.8 Å². The molecule has 1 N–H and O–H groups in total. The van der Waals surface area contributed by atoms with Gasteiger partial charge in [0, 0.05) is 32.3 Å². The lowest BCUT2D eigenvalue weighted by Crippen LogP contribution is -2.25. The predicted molar refractivity (Wildman–Crippen MR) is 107 cm³/mol. The molecule has 0 aliphatic carbocycles. The van der Waals surface area contributed by atoms with Crippen LogP contribution in [0.25, 0.3) is 0 Å². The Morgan fingerprint density at radius 3 is 2.46 bits per heavy atom. The SMILES string of the molecule is Cc1nn(C)c(C)c1CCC(=O)Nc1ccccc1N1CCCCCC1. The highest BCUT2D eigenvalue weighted by atomic mass is 16.1. The van der Waals surface area contributed by atoms with Gasteiger partial charge in [0.15, 0.2) is 0 Å². The van der Waals surface area contributed by atoms with E-state index in [0.717, 1.165) is 42.3 Å². The van der Waals surface area contributed by atoms with Gasteiger partial charge in [-0.2, -0.15) is 5.10 Å². The second-order valence-corrected chi connectivity index (χ2v) is 7.24. The van der Waals surface area contributed by atoms with Crippen LogP contribution in [-0.2, 0) is 18.3 Å². The lowest BCUT2D eigenvalue weighted by Gasteiger charge is -2.25. The molecule has 2 aromatic rings. The monoisotopic (exact) mass is 354 g/mol. The summed E-state index contributed by atoms with van der Waals surface area (Å²) >= 11 is 0. The Morgan fingerprint density at radius 2 is 1.81 bits per heavy atom. The molecule has 1 aromatic carbocycles. The van der Waals surface area contributed by atoms with Gasteiger partial charge in [0.1, 0.15) is 0 Å². The fraction of sp³-hybridized carbons (Fsp3) is 0.524. The van der Waals surface area contributed by atoms with Gasteiger partial charge in [-0.15, -0.1) is 0 Å². The van der Waals surface area contributed by atoms with Gasteiger partial charge in [0.25, 0.3) is 0 Å². The summed E-state index contributed by atoms with van der Waals surface area (Å²) < 4.78 is 1.89. The number of nitrogens with zero attached hydrogens (tertiary/aromatic N) is 3. The molecule has 0 unspecified atom stereocenters. The van der Waals surface area contributed by atoms with E-state index in [9.17, 15) is 4.79 Å². The minimum Gasteiger partial charge on any atom is -0.370 e. The molecule has 0 bridgehead atoms. The van der Waals surface area contributed by atoms with Crippen molar-refractivity contribution in [2.24, 2.45) is 7.05 Å². The van der Waals surface area contributed by atoms with Crippen molar-refractivity contribution < 1.29 is 4.79 Å². The zero-order chi connectivity index (χ0) is 18.5. The zero-order valence-corrected chi connectivity index (χ0v) is 16.2. The Morgan fingerprint density at radius 1 is 1.12 bits per heavy atom. The molecule has 1 fully saturated rings. The van der Waals surface area contributed by atoms with Crippen LogP contribution in [0.2, 0.25) is 0 Å². The normalized spacial score (nSPS) is 15.0. The summed E-state index contributed by atoms with van der Waals surface area (Å²) in [6.07, 6.45) is 6.25. The molecular weight excluding hydrogens is 324 g/mol. The molecule has 5 heteroatoms. The molecule has 26 heavy (non-hydrogen) atoms. The van der Waals surface area contributed by atoms with Crippen LogP contribution in [0.1, 0.15) is 49.1 Å². The molecule has 2 heterocycles. The van der Waals surface area contributed by atoms with E-state index in [1.807, 2.05) is 30.8 Å². The van der Waals surface area contributed by atoms with Crippen LogP contribution in [0.4, 0.5) is 11.4 Å². The van der Waals surface area contributed by atoms with Gasteiger partial charge >= 0.3 is 0 Å². The number of aryl methyl sites for hydroxylation is 2. The van der Waals surface area contributed by atoms with E-state index < -0.39 is 0 Å². The van der Waals surface area contributed by atoms with Crippen molar-refractivity contribution in [2.45, 2.75) is 52.4 Å². The lowest BCUT2D eigenvalue weighted by atomic mass is 10.1. The van der Waals surface area contributed by atoms with Gasteiger partial charge in [-0.25, -0.2) is 0 Å². The average molecular weight is 354 g/mol. The summed E-state index contributed by atoms with van der Waals surface area (Å²) in [5.41, 5.74) is 5.42. The first-order valence-electron chi connectivity index (χ1n) is 9.69. The topological polar surface area (TPSA) is 50.2 Å². The first-order chi connectivity index (χ1) is 12.6. The zero-order valence-electron chi connectivity index (χ0n) is 16.2. The number of carbonyl (C=O) groups excluding carboxylic acids is 1. The van der Waals surface area contributed by atoms with E-state index in [0.29, 0.717) is 6.42 Å². The number of amides is 1. The van der Waals surface area contributed by atoms with Gasteiger partial charge in [-0.3, -0.25) is 9.48 Å². The Bertz CT molecular complexity index is 757. The number of carbonyl (C=O) groups is 1. The molecule has 0 atom stereocenters. The molecule has 1 aliphatic rings. The maximum absolute atomic E-state index is 12.6. The third kappa shape index (κ3) is 4.26. The Hall–Kier alpha value is -2.30. The number of rotatable bonds is 5. The maximum atomic E-state index is 12.6. The highest BCUT2D eigenvalue weighted by molar-refractivity contribution is 5.94. The minimum atomic E-state index is 0.0647. The molecule has 1 saturated heterocycles. The molecule has 1 aromatic heterocycles. The van der Waals surface area contributed by atoms with Crippen LogP contribution in [0.3, 0.4) is 0 Å². The van der Waals surface area contributed by atoms with Crippen molar-refractivity contribution in [3.63, 3.8) is 0 Å². The van der Waals surface area contributed by atoms with Gasteiger partial charge in [0.2, 0.25) is 5.91 Å². The number of aromatic nitrogens is 2. The van der Waals surface area contributed by atoms with Crippen LogP contribution in [-0.4, -0.2) is 28.8 Å². The molecule has 5 nitrogen and oxygen atoms in total. The van der Waals surface area contributed by atoms with Crippen LogP contribution < -0.4 is 10.2 Å². The molecule has 140 valence electrons. The quantitative estimate of drug-likeness (QED) is 0.883. The largest absolute Gasteiger partial charge is 0.370 e. The van der Waals surface area contributed by atoms with Crippen molar-refractivity contribution in [3.05, 3.63) is 41.2 Å². The summed E-state index contributed by atoms with van der Waals surface area (Å²) in [6.45, 7) is 6.21. The lowest BCUT2D eigenvalue weighted by molar-refractivity contribution is -0.116. The summed E-state index contributed by atoms with van der Waals surface area (Å²) in [5.74, 6) is 0.0647. The number of hydrogen-bond acceptors (Lipinski definition) is 3.